The Bertz CT molecular complexity index is 443. The van der Waals surface area contributed by atoms with E-state index in [0.29, 0.717) is 11.5 Å². The molecule has 1 aliphatic carbocycles. The molecule has 1 fully saturated rings. The highest BCUT2D eigenvalue weighted by Crippen LogP contribution is 2.53. The highest BCUT2D eigenvalue weighted by Gasteiger charge is 2.46. The van der Waals surface area contributed by atoms with Crippen molar-refractivity contribution >= 4 is 0 Å². The van der Waals surface area contributed by atoms with E-state index in [-0.39, 0.29) is 0 Å². The Balaban J connectivity index is 2.07. The van der Waals surface area contributed by atoms with Crippen molar-refractivity contribution in [2.45, 2.75) is 32.2 Å². The van der Waals surface area contributed by atoms with Crippen molar-refractivity contribution in [1.29, 1.82) is 0 Å². The van der Waals surface area contributed by atoms with Gasteiger partial charge in [0.15, 0.2) is 0 Å². The molecule has 1 aliphatic heterocycles. The van der Waals surface area contributed by atoms with Crippen LogP contribution in [0.15, 0.2) is 18.2 Å². The highest BCUT2D eigenvalue weighted by molar-refractivity contribution is 5.43. The largest absolute Gasteiger partial charge is 0.497 e. The van der Waals surface area contributed by atoms with Crippen molar-refractivity contribution in [2.24, 2.45) is 5.41 Å². The molecule has 1 aromatic rings. The first-order valence-electron chi connectivity index (χ1n) is 6.51. The lowest BCUT2D eigenvalue weighted by Gasteiger charge is -2.43. The summed E-state index contributed by atoms with van der Waals surface area (Å²) in [5.41, 5.74) is 3.45. The smallest absolute Gasteiger partial charge is 0.119 e. The van der Waals surface area contributed by atoms with Crippen molar-refractivity contribution in [2.75, 3.05) is 20.7 Å². The molecule has 2 atom stereocenters. The molecule has 2 nitrogen and oxygen atoms in total. The molecular formula is C15H21NO. The minimum Gasteiger partial charge on any atom is -0.497 e. The molecule has 17 heavy (non-hydrogen) atoms. The van der Waals surface area contributed by atoms with Gasteiger partial charge in [0.1, 0.15) is 5.75 Å². The van der Waals surface area contributed by atoms with E-state index in [1.54, 1.807) is 7.11 Å². The molecule has 0 radical (unpaired) electrons. The van der Waals surface area contributed by atoms with Crippen LogP contribution in [0.1, 0.15) is 36.9 Å². The lowest BCUT2D eigenvalue weighted by molar-refractivity contribution is 0.0589. The standard InChI is InChI=1S/C15H21NO/c1-15-7-4-8-16(2)14(15)13-9-12(17-3)6-5-11(13)10-15/h5-6,9,14H,4,7-8,10H2,1-3H3/t14-,15+/m1/s1. The topological polar surface area (TPSA) is 12.5 Å². The Morgan fingerprint density at radius 3 is 3.00 bits per heavy atom. The second-order valence-corrected chi connectivity index (χ2v) is 5.88. The first-order chi connectivity index (χ1) is 8.14. The molecule has 1 aromatic carbocycles. The van der Waals surface area contributed by atoms with Gasteiger partial charge in [0.25, 0.3) is 0 Å². The molecule has 92 valence electrons. The lowest BCUT2D eigenvalue weighted by Crippen LogP contribution is -2.40. The normalized spacial score (nSPS) is 32.1. The Morgan fingerprint density at radius 2 is 2.24 bits per heavy atom. The summed E-state index contributed by atoms with van der Waals surface area (Å²) in [6, 6.07) is 7.18. The van der Waals surface area contributed by atoms with Gasteiger partial charge < -0.3 is 4.74 Å². The van der Waals surface area contributed by atoms with Gasteiger partial charge >= 0.3 is 0 Å². The maximum atomic E-state index is 5.37. The fourth-order valence-electron chi connectivity index (χ4n) is 3.88. The number of hydrogen-bond acceptors (Lipinski definition) is 2. The first-order valence-corrected chi connectivity index (χ1v) is 6.51. The number of fused-ring (bicyclic) bond motifs is 3. The van der Waals surface area contributed by atoms with E-state index in [4.69, 9.17) is 4.74 Å². The summed E-state index contributed by atoms with van der Waals surface area (Å²) in [7, 11) is 4.01. The maximum Gasteiger partial charge on any atom is 0.119 e. The monoisotopic (exact) mass is 231 g/mol. The zero-order chi connectivity index (χ0) is 12.0. The first kappa shape index (κ1) is 11.1. The molecular weight excluding hydrogens is 210 g/mol. The molecule has 2 aliphatic rings. The van der Waals surface area contributed by atoms with E-state index in [0.717, 1.165) is 5.75 Å². The van der Waals surface area contributed by atoms with E-state index in [2.05, 4.69) is 37.1 Å². The summed E-state index contributed by atoms with van der Waals surface area (Å²) in [5.74, 6) is 0.993. The number of ether oxygens (including phenoxy) is 1. The molecule has 0 bridgehead atoms. The molecule has 0 amide bonds. The summed E-state index contributed by atoms with van der Waals surface area (Å²) in [6.07, 6.45) is 3.90. The summed E-state index contributed by atoms with van der Waals surface area (Å²) < 4.78 is 5.37. The number of nitrogens with zero attached hydrogens (tertiary/aromatic N) is 1. The van der Waals surface area contributed by atoms with Crippen LogP contribution in [0.4, 0.5) is 0 Å². The van der Waals surface area contributed by atoms with E-state index < -0.39 is 0 Å². The molecule has 0 unspecified atom stereocenters. The number of rotatable bonds is 1. The van der Waals surface area contributed by atoms with Gasteiger partial charge in [0.2, 0.25) is 0 Å². The average Bonchev–Trinajstić information content (AvgIpc) is 2.61. The average molecular weight is 231 g/mol. The SMILES string of the molecule is COc1ccc2c(c1)[C@H]1N(C)CCC[C@@]1(C)C2. The van der Waals surface area contributed by atoms with Crippen LogP contribution >= 0.6 is 0 Å². The maximum absolute atomic E-state index is 5.37. The van der Waals surface area contributed by atoms with Gasteiger partial charge in [-0.25, -0.2) is 0 Å². The summed E-state index contributed by atoms with van der Waals surface area (Å²) in [6.45, 7) is 3.66. The van der Waals surface area contributed by atoms with Crippen LogP contribution in [0.25, 0.3) is 0 Å². The van der Waals surface area contributed by atoms with Crippen LogP contribution in [-0.2, 0) is 6.42 Å². The Hall–Kier alpha value is -1.02. The van der Waals surface area contributed by atoms with Gasteiger partial charge in [-0.3, -0.25) is 4.90 Å². The van der Waals surface area contributed by atoms with Crippen molar-refractivity contribution in [1.82, 2.24) is 4.90 Å². The molecule has 0 saturated carbocycles. The van der Waals surface area contributed by atoms with Gasteiger partial charge in [-0.15, -0.1) is 0 Å². The van der Waals surface area contributed by atoms with Gasteiger partial charge in [-0.2, -0.15) is 0 Å². The zero-order valence-corrected chi connectivity index (χ0v) is 11.0. The third-order valence-electron chi connectivity index (χ3n) is 4.60. The summed E-state index contributed by atoms with van der Waals surface area (Å²) >= 11 is 0. The zero-order valence-electron chi connectivity index (χ0n) is 11.0. The van der Waals surface area contributed by atoms with Gasteiger partial charge in [-0.1, -0.05) is 13.0 Å². The fraction of sp³-hybridized carbons (Fsp3) is 0.600. The molecule has 2 heteroatoms. The van der Waals surface area contributed by atoms with E-state index >= 15 is 0 Å². The Labute approximate surface area is 104 Å². The predicted molar refractivity (Wildman–Crippen MR) is 69.4 cm³/mol. The quantitative estimate of drug-likeness (QED) is 0.736. The van der Waals surface area contributed by atoms with Crippen LogP contribution in [0, 0.1) is 5.41 Å². The van der Waals surface area contributed by atoms with Gasteiger partial charge in [0, 0.05) is 6.04 Å². The number of benzene rings is 1. The van der Waals surface area contributed by atoms with Crippen LogP contribution in [0.2, 0.25) is 0 Å². The number of likely N-dealkylation sites (tertiary alicyclic amines) is 1. The molecule has 3 rings (SSSR count). The third kappa shape index (κ3) is 1.58. The molecule has 0 spiro atoms. The second kappa shape index (κ2) is 3.74. The van der Waals surface area contributed by atoms with Crippen molar-refractivity contribution in [3.8, 4) is 5.75 Å². The number of hydrogen-bond donors (Lipinski definition) is 0. The molecule has 0 N–H and O–H groups in total. The van der Waals surface area contributed by atoms with E-state index in [1.807, 2.05) is 0 Å². The van der Waals surface area contributed by atoms with Crippen LogP contribution in [0.5, 0.6) is 5.75 Å². The number of piperidine rings is 1. The molecule has 1 heterocycles. The van der Waals surface area contributed by atoms with Gasteiger partial charge in [0.05, 0.1) is 7.11 Å². The van der Waals surface area contributed by atoms with E-state index in [9.17, 15) is 0 Å². The predicted octanol–water partition coefficient (Wildman–Crippen LogP) is 3.02. The van der Waals surface area contributed by atoms with Crippen molar-refractivity contribution in [3.05, 3.63) is 29.3 Å². The lowest BCUT2D eigenvalue weighted by atomic mass is 9.75. The number of methoxy groups -OCH3 is 1. The minimum absolute atomic E-state index is 0.432. The summed E-state index contributed by atoms with van der Waals surface area (Å²) in [4.78, 5) is 2.52. The fourth-order valence-corrected chi connectivity index (χ4v) is 3.88. The van der Waals surface area contributed by atoms with Crippen LogP contribution in [0.3, 0.4) is 0 Å². The van der Waals surface area contributed by atoms with Crippen molar-refractivity contribution < 1.29 is 4.74 Å². The third-order valence-corrected chi connectivity index (χ3v) is 4.60. The highest BCUT2D eigenvalue weighted by atomic mass is 16.5. The van der Waals surface area contributed by atoms with Crippen LogP contribution < -0.4 is 4.74 Å². The Morgan fingerprint density at radius 1 is 1.41 bits per heavy atom. The van der Waals surface area contributed by atoms with E-state index in [1.165, 1.54) is 36.9 Å². The van der Waals surface area contributed by atoms with Crippen LogP contribution in [-0.4, -0.2) is 25.6 Å². The van der Waals surface area contributed by atoms with Crippen molar-refractivity contribution in [3.63, 3.8) is 0 Å². The molecule has 1 saturated heterocycles. The second-order valence-electron chi connectivity index (χ2n) is 5.88. The molecule has 0 aromatic heterocycles. The Kier molecular flexibility index (Phi) is 2.44. The van der Waals surface area contributed by atoms with Gasteiger partial charge in [-0.05, 0) is 61.5 Å². The minimum atomic E-state index is 0.432. The summed E-state index contributed by atoms with van der Waals surface area (Å²) in [5, 5.41) is 0.